The van der Waals surface area contributed by atoms with E-state index >= 15 is 0 Å². The van der Waals surface area contributed by atoms with Crippen LogP contribution >= 0.6 is 0 Å². The van der Waals surface area contributed by atoms with Crippen molar-refractivity contribution in [3.63, 3.8) is 0 Å². The van der Waals surface area contributed by atoms with Crippen LogP contribution in [0.15, 0.2) is 23.5 Å². The number of guanidine groups is 1. The largest absolute Gasteiger partial charge is 0.356 e. The normalized spacial score (nSPS) is 16.3. The Morgan fingerprint density at radius 1 is 1.21 bits per heavy atom. The summed E-state index contributed by atoms with van der Waals surface area (Å²) in [6.45, 7) is 4.42. The molecule has 0 aliphatic carbocycles. The number of nitrogens with zero attached hydrogens (tertiary/aromatic N) is 5. The molecule has 2 N–H and O–H groups in total. The van der Waals surface area contributed by atoms with E-state index < -0.39 is 10.0 Å². The van der Waals surface area contributed by atoms with Gasteiger partial charge in [0.1, 0.15) is 0 Å². The fourth-order valence-corrected chi connectivity index (χ4v) is 2.97. The molecule has 0 radical (unpaired) electrons. The number of anilines is 1. The lowest BCUT2D eigenvalue weighted by atomic mass is 10.3. The number of hydrogen-bond donors (Lipinski definition) is 2. The van der Waals surface area contributed by atoms with Gasteiger partial charge >= 0.3 is 0 Å². The predicted molar refractivity (Wildman–Crippen MR) is 94.6 cm³/mol. The van der Waals surface area contributed by atoms with Crippen LogP contribution in [0.5, 0.6) is 0 Å². The van der Waals surface area contributed by atoms with E-state index in [1.807, 2.05) is 6.07 Å². The molecule has 2 heterocycles. The average Bonchev–Trinajstić information content (AvgIpc) is 2.58. The van der Waals surface area contributed by atoms with Crippen molar-refractivity contribution in [2.24, 2.45) is 4.99 Å². The summed E-state index contributed by atoms with van der Waals surface area (Å²) in [5, 5.41) is 3.27. The molecule has 1 aromatic rings. The number of rotatable bonds is 6. The van der Waals surface area contributed by atoms with E-state index in [4.69, 9.17) is 0 Å². The maximum atomic E-state index is 11.0. The van der Waals surface area contributed by atoms with E-state index in [0.29, 0.717) is 19.5 Å². The molecular formula is C14H25N7O2S. The molecule has 1 saturated heterocycles. The van der Waals surface area contributed by atoms with Gasteiger partial charge in [0.15, 0.2) is 5.96 Å². The Morgan fingerprint density at radius 2 is 1.88 bits per heavy atom. The highest BCUT2D eigenvalue weighted by Gasteiger charge is 2.20. The lowest BCUT2D eigenvalue weighted by Crippen LogP contribution is -2.53. The smallest absolute Gasteiger partial charge is 0.225 e. The highest BCUT2D eigenvalue weighted by molar-refractivity contribution is 7.88. The molecule has 0 spiro atoms. The van der Waals surface area contributed by atoms with Crippen molar-refractivity contribution in [1.82, 2.24) is 24.9 Å². The maximum absolute atomic E-state index is 11.0. The van der Waals surface area contributed by atoms with Crippen molar-refractivity contribution in [1.29, 1.82) is 0 Å². The molecule has 10 heteroatoms. The monoisotopic (exact) mass is 355 g/mol. The van der Waals surface area contributed by atoms with Crippen molar-refractivity contribution < 1.29 is 8.42 Å². The van der Waals surface area contributed by atoms with Gasteiger partial charge in [-0.15, -0.1) is 0 Å². The molecule has 9 nitrogen and oxygen atoms in total. The van der Waals surface area contributed by atoms with Gasteiger partial charge in [0.05, 0.1) is 6.26 Å². The summed E-state index contributed by atoms with van der Waals surface area (Å²) in [6.07, 6.45) is 5.36. The third-order valence-corrected chi connectivity index (χ3v) is 4.36. The molecule has 2 rings (SSSR count). The van der Waals surface area contributed by atoms with Crippen LogP contribution in [0.1, 0.15) is 6.42 Å². The second kappa shape index (κ2) is 8.78. The summed E-state index contributed by atoms with van der Waals surface area (Å²) < 4.78 is 24.5. The van der Waals surface area contributed by atoms with Gasteiger partial charge in [-0.05, 0) is 12.5 Å². The van der Waals surface area contributed by atoms with Crippen LogP contribution in [-0.2, 0) is 10.0 Å². The van der Waals surface area contributed by atoms with Crippen LogP contribution in [0.25, 0.3) is 0 Å². The quantitative estimate of drug-likeness (QED) is 0.388. The summed E-state index contributed by atoms with van der Waals surface area (Å²) in [6, 6.07) is 1.81. The van der Waals surface area contributed by atoms with Gasteiger partial charge in [0, 0.05) is 58.7 Å². The van der Waals surface area contributed by atoms with Gasteiger partial charge in [-0.1, -0.05) is 0 Å². The third kappa shape index (κ3) is 5.93. The van der Waals surface area contributed by atoms with E-state index in [-0.39, 0.29) is 0 Å². The SMILES string of the molecule is CN=C(NCCCNS(C)(=O)=O)N1CCN(c2ncccn2)CC1. The van der Waals surface area contributed by atoms with E-state index in [1.54, 1.807) is 19.4 Å². The lowest BCUT2D eigenvalue weighted by Gasteiger charge is -2.36. The van der Waals surface area contributed by atoms with Crippen LogP contribution in [0.2, 0.25) is 0 Å². The topological polar surface area (TPSA) is 103 Å². The molecule has 1 aromatic heterocycles. The number of aromatic nitrogens is 2. The van der Waals surface area contributed by atoms with Crippen molar-refractivity contribution >= 4 is 21.9 Å². The number of piperazine rings is 1. The molecular weight excluding hydrogens is 330 g/mol. The van der Waals surface area contributed by atoms with Gasteiger partial charge in [0.2, 0.25) is 16.0 Å². The number of nitrogens with one attached hydrogen (secondary N) is 2. The van der Waals surface area contributed by atoms with E-state index in [9.17, 15) is 8.42 Å². The van der Waals surface area contributed by atoms with E-state index in [2.05, 4.69) is 34.8 Å². The Morgan fingerprint density at radius 3 is 2.46 bits per heavy atom. The van der Waals surface area contributed by atoms with E-state index in [0.717, 1.165) is 44.3 Å². The minimum Gasteiger partial charge on any atom is -0.356 e. The first-order valence-corrected chi connectivity index (χ1v) is 9.81. The van der Waals surface area contributed by atoms with Crippen molar-refractivity contribution in [2.75, 3.05) is 57.5 Å². The average molecular weight is 355 g/mol. The maximum Gasteiger partial charge on any atom is 0.225 e. The predicted octanol–water partition coefficient (Wildman–Crippen LogP) is -0.887. The standard InChI is InChI=1S/C14H25N7O2S/c1-15-13(16-7-4-8-19-24(2,22)23)20-9-11-21(12-10-20)14-17-5-3-6-18-14/h3,5-6,19H,4,7-12H2,1-2H3,(H,15,16). The zero-order valence-corrected chi connectivity index (χ0v) is 15.0. The van der Waals surface area contributed by atoms with Gasteiger partial charge in [0.25, 0.3) is 0 Å². The van der Waals surface area contributed by atoms with Crippen LogP contribution in [0.4, 0.5) is 5.95 Å². The van der Waals surface area contributed by atoms with Gasteiger partial charge in [-0.2, -0.15) is 0 Å². The number of hydrogen-bond acceptors (Lipinski definition) is 6. The summed E-state index contributed by atoms with van der Waals surface area (Å²) in [5.74, 6) is 1.59. The molecule has 24 heavy (non-hydrogen) atoms. The summed E-state index contributed by atoms with van der Waals surface area (Å²) in [7, 11) is -1.37. The Kier molecular flexibility index (Phi) is 6.73. The van der Waals surface area contributed by atoms with Gasteiger partial charge in [-0.3, -0.25) is 4.99 Å². The molecule has 0 aromatic carbocycles. The fourth-order valence-electron chi connectivity index (χ4n) is 2.45. The first-order chi connectivity index (χ1) is 11.5. The Balaban J connectivity index is 1.73. The lowest BCUT2D eigenvalue weighted by molar-refractivity contribution is 0.370. The highest BCUT2D eigenvalue weighted by atomic mass is 32.2. The highest BCUT2D eigenvalue weighted by Crippen LogP contribution is 2.09. The molecule has 1 fully saturated rings. The van der Waals surface area contributed by atoms with Crippen LogP contribution in [0, 0.1) is 0 Å². The number of sulfonamides is 1. The summed E-state index contributed by atoms with van der Waals surface area (Å²) in [5.41, 5.74) is 0. The van der Waals surface area contributed by atoms with Gasteiger partial charge < -0.3 is 15.1 Å². The fraction of sp³-hybridized carbons (Fsp3) is 0.643. The Bertz CT molecular complexity index is 628. The zero-order valence-electron chi connectivity index (χ0n) is 14.1. The van der Waals surface area contributed by atoms with Crippen LogP contribution < -0.4 is 14.9 Å². The molecule has 0 bridgehead atoms. The van der Waals surface area contributed by atoms with Crippen molar-refractivity contribution in [2.45, 2.75) is 6.42 Å². The van der Waals surface area contributed by atoms with E-state index in [1.165, 1.54) is 0 Å². The second-order valence-corrected chi connectivity index (χ2v) is 7.35. The van der Waals surface area contributed by atoms with Crippen LogP contribution in [0.3, 0.4) is 0 Å². The van der Waals surface area contributed by atoms with Crippen LogP contribution in [-0.4, -0.2) is 81.8 Å². The third-order valence-electron chi connectivity index (χ3n) is 3.63. The molecule has 1 aliphatic heterocycles. The Hall–Kier alpha value is -1.94. The minimum atomic E-state index is -3.12. The number of aliphatic imine (C=N–C) groups is 1. The summed E-state index contributed by atoms with van der Waals surface area (Å²) >= 11 is 0. The molecule has 0 saturated carbocycles. The molecule has 0 amide bonds. The first kappa shape index (κ1) is 18.4. The molecule has 0 unspecified atom stereocenters. The first-order valence-electron chi connectivity index (χ1n) is 7.92. The minimum absolute atomic E-state index is 0.419. The molecule has 1 aliphatic rings. The summed E-state index contributed by atoms with van der Waals surface area (Å²) in [4.78, 5) is 17.2. The Labute approximate surface area is 143 Å². The zero-order chi connectivity index (χ0) is 17.4. The van der Waals surface area contributed by atoms with Gasteiger partial charge in [-0.25, -0.2) is 23.1 Å². The second-order valence-electron chi connectivity index (χ2n) is 5.52. The molecule has 134 valence electrons. The van der Waals surface area contributed by atoms with Crippen molar-refractivity contribution in [3.05, 3.63) is 18.5 Å². The molecule has 0 atom stereocenters. The van der Waals surface area contributed by atoms with Crippen molar-refractivity contribution in [3.8, 4) is 0 Å².